The van der Waals surface area contributed by atoms with Crippen LogP contribution >= 0.6 is 31.0 Å². The number of ketones is 1. The van der Waals surface area contributed by atoms with E-state index in [1.54, 1.807) is 38.1 Å². The number of phosphoric acid groups is 1. The highest BCUT2D eigenvalue weighted by molar-refractivity contribution is 7.46. The van der Waals surface area contributed by atoms with Crippen molar-refractivity contribution < 1.29 is 37.9 Å². The number of halogens is 2. The summed E-state index contributed by atoms with van der Waals surface area (Å²) in [6.07, 6.45) is -0.972. The van der Waals surface area contributed by atoms with E-state index in [-0.39, 0.29) is 21.4 Å². The predicted octanol–water partition coefficient (Wildman–Crippen LogP) is 4.29. The van der Waals surface area contributed by atoms with Crippen LogP contribution in [0.15, 0.2) is 36.4 Å². The van der Waals surface area contributed by atoms with Gasteiger partial charge in [-0.05, 0) is 51.1 Å². The van der Waals surface area contributed by atoms with Gasteiger partial charge in [-0.3, -0.25) is 14.1 Å². The summed E-state index contributed by atoms with van der Waals surface area (Å²) in [6, 6.07) is 8.49. The summed E-state index contributed by atoms with van der Waals surface area (Å²) in [7, 11) is -4.80. The minimum Gasteiger partial charge on any atom is -0.485 e. The molecule has 3 N–H and O–H groups in total. The van der Waals surface area contributed by atoms with E-state index in [4.69, 9.17) is 42.5 Å². The molecular weight excluding hydrogens is 496 g/mol. The number of carbonyl (C=O) groups is 2. The van der Waals surface area contributed by atoms with Crippen LogP contribution in [0.3, 0.4) is 0 Å². The third-order valence-corrected chi connectivity index (χ3v) is 6.32. The number of carbonyl (C=O) groups excluding carboxylic acids is 2. The van der Waals surface area contributed by atoms with Gasteiger partial charge in [-0.2, -0.15) is 0 Å². The summed E-state index contributed by atoms with van der Waals surface area (Å²) in [5, 5.41) is 3.08. The molecule has 3 rings (SSSR count). The first kappa shape index (κ1) is 25.6. The Balaban J connectivity index is 2.03. The second-order valence-electron chi connectivity index (χ2n) is 7.89. The molecule has 0 fully saturated rings. The first-order valence-electron chi connectivity index (χ1n) is 9.70. The number of amides is 1. The van der Waals surface area contributed by atoms with Gasteiger partial charge in [0.15, 0.2) is 12.6 Å². The molecule has 0 spiro atoms. The number of phosphoric ester groups is 1. The normalized spacial score (nSPS) is 19.4. The van der Waals surface area contributed by atoms with Crippen LogP contribution in [0.4, 0.5) is 0 Å². The molecule has 2 atom stereocenters. The van der Waals surface area contributed by atoms with E-state index in [2.05, 4.69) is 9.84 Å². The lowest BCUT2D eigenvalue weighted by Crippen LogP contribution is -2.55. The molecule has 1 heterocycles. The lowest BCUT2D eigenvalue weighted by molar-refractivity contribution is -0.141. The van der Waals surface area contributed by atoms with Gasteiger partial charge in [0.25, 0.3) is 5.91 Å². The monoisotopic (exact) mass is 517 g/mol. The zero-order valence-corrected chi connectivity index (χ0v) is 20.3. The number of nitrogens with one attached hydrogen (secondary N) is 1. The Kier molecular flexibility index (Phi) is 7.55. The van der Waals surface area contributed by atoms with Crippen molar-refractivity contribution in [2.45, 2.75) is 38.5 Å². The van der Waals surface area contributed by atoms with Crippen LogP contribution in [0, 0.1) is 0 Å². The number of rotatable bonds is 7. The summed E-state index contributed by atoms with van der Waals surface area (Å²) < 4.78 is 27.2. The zero-order chi connectivity index (χ0) is 24.6. The Morgan fingerprint density at radius 2 is 1.91 bits per heavy atom. The second kappa shape index (κ2) is 9.72. The third kappa shape index (κ3) is 5.94. The summed E-state index contributed by atoms with van der Waals surface area (Å²) in [6.45, 7) is 4.00. The number of Topliss-reactive ketones (excluding diaryl/α,β-unsaturated/α-hetero) is 1. The highest BCUT2D eigenvalue weighted by atomic mass is 35.5. The summed E-state index contributed by atoms with van der Waals surface area (Å²) in [5.41, 5.74) is -0.140. The van der Waals surface area contributed by atoms with Gasteiger partial charge < -0.3 is 24.6 Å². The van der Waals surface area contributed by atoms with Gasteiger partial charge in [0.05, 0.1) is 21.7 Å². The molecule has 0 radical (unpaired) electrons. The van der Waals surface area contributed by atoms with E-state index >= 15 is 0 Å². The molecule has 2 aromatic rings. The van der Waals surface area contributed by atoms with Crippen LogP contribution in [0.25, 0.3) is 0 Å². The SMILES string of the molecule is CC(=O)c1ccc2c(c1)[C@H](NC(=O)c1cccc(Cl)c1Cl)[C@@H](OCOP(=O)(O)O)C(C)(C)O2. The number of hydrogen-bond acceptors (Lipinski definition) is 6. The number of ether oxygens (including phenoxy) is 2. The molecule has 12 heteroatoms. The number of benzene rings is 2. The van der Waals surface area contributed by atoms with Crippen LogP contribution in [0.1, 0.15) is 53.1 Å². The molecule has 0 aliphatic carbocycles. The molecule has 0 bridgehead atoms. The fourth-order valence-corrected chi connectivity index (χ4v) is 4.11. The smallest absolute Gasteiger partial charge is 0.471 e. The lowest BCUT2D eigenvalue weighted by Gasteiger charge is -2.44. The summed E-state index contributed by atoms with van der Waals surface area (Å²) in [5.74, 6) is -0.370. The van der Waals surface area contributed by atoms with E-state index in [0.717, 1.165) is 0 Å². The molecule has 0 saturated heterocycles. The molecule has 0 unspecified atom stereocenters. The molecular formula is C21H22Cl2NO8P. The van der Waals surface area contributed by atoms with Crippen molar-refractivity contribution >= 4 is 42.7 Å². The van der Waals surface area contributed by atoms with E-state index in [9.17, 15) is 14.2 Å². The van der Waals surface area contributed by atoms with Crippen LogP contribution in [-0.2, 0) is 13.8 Å². The highest BCUT2D eigenvalue weighted by Crippen LogP contribution is 2.43. The summed E-state index contributed by atoms with van der Waals surface area (Å²) >= 11 is 12.2. The van der Waals surface area contributed by atoms with Crippen molar-refractivity contribution in [1.29, 1.82) is 0 Å². The Labute approximate surface area is 200 Å². The van der Waals surface area contributed by atoms with E-state index in [0.29, 0.717) is 16.9 Å². The van der Waals surface area contributed by atoms with E-state index in [1.807, 2.05) is 0 Å². The fraction of sp³-hybridized carbons (Fsp3) is 0.333. The molecule has 1 aliphatic rings. The van der Waals surface area contributed by atoms with Gasteiger partial charge in [0.1, 0.15) is 17.5 Å². The highest BCUT2D eigenvalue weighted by Gasteiger charge is 2.46. The first-order valence-corrected chi connectivity index (χ1v) is 12.0. The van der Waals surface area contributed by atoms with Crippen molar-refractivity contribution in [3.05, 3.63) is 63.1 Å². The van der Waals surface area contributed by atoms with Crippen molar-refractivity contribution in [3.8, 4) is 5.75 Å². The van der Waals surface area contributed by atoms with Crippen molar-refractivity contribution in [3.63, 3.8) is 0 Å². The van der Waals surface area contributed by atoms with Crippen LogP contribution in [0.2, 0.25) is 10.0 Å². The lowest BCUT2D eigenvalue weighted by atomic mass is 9.85. The molecule has 1 aliphatic heterocycles. The van der Waals surface area contributed by atoms with E-state index in [1.165, 1.54) is 19.1 Å². The van der Waals surface area contributed by atoms with Crippen molar-refractivity contribution in [2.24, 2.45) is 0 Å². The van der Waals surface area contributed by atoms with Gasteiger partial charge >= 0.3 is 7.82 Å². The van der Waals surface area contributed by atoms with Gasteiger partial charge in [0.2, 0.25) is 0 Å². The quantitative estimate of drug-likeness (QED) is 0.281. The standard InChI is InChI=1S/C21H22Cl2NO8P/c1-11(25)12-7-8-16-14(9-12)18(24-20(26)13-5-4-6-15(22)17(13)23)19(21(2,3)32-16)30-10-31-33(27,28)29/h4-9,18-19H,10H2,1-3H3,(H,24,26)(H2,27,28,29)/t18-,19+/m0/s1. The average Bonchev–Trinajstić information content (AvgIpc) is 2.70. The fourth-order valence-electron chi connectivity index (χ4n) is 3.53. The molecule has 0 aromatic heterocycles. The zero-order valence-electron chi connectivity index (χ0n) is 17.9. The largest absolute Gasteiger partial charge is 0.485 e. The Hall–Kier alpha value is -1.97. The third-order valence-electron chi connectivity index (χ3n) is 5.06. The molecule has 1 amide bonds. The maximum Gasteiger partial charge on any atom is 0.471 e. The maximum atomic E-state index is 13.1. The number of hydrogen-bond donors (Lipinski definition) is 3. The van der Waals surface area contributed by atoms with E-state index < -0.39 is 38.3 Å². The minimum atomic E-state index is -4.80. The first-order chi connectivity index (χ1) is 15.3. The molecule has 0 saturated carbocycles. The maximum absolute atomic E-state index is 13.1. The van der Waals surface area contributed by atoms with Crippen molar-refractivity contribution in [2.75, 3.05) is 6.79 Å². The van der Waals surface area contributed by atoms with Gasteiger partial charge in [0, 0.05) is 11.1 Å². The van der Waals surface area contributed by atoms with Gasteiger partial charge in [-0.15, -0.1) is 0 Å². The Morgan fingerprint density at radius 1 is 1.21 bits per heavy atom. The minimum absolute atomic E-state index is 0.0583. The molecule has 2 aromatic carbocycles. The van der Waals surface area contributed by atoms with Crippen molar-refractivity contribution in [1.82, 2.24) is 5.32 Å². The topological polar surface area (TPSA) is 131 Å². The van der Waals surface area contributed by atoms with Gasteiger partial charge in [-0.1, -0.05) is 29.3 Å². The van der Waals surface area contributed by atoms with Crippen LogP contribution in [-0.4, -0.2) is 40.0 Å². The van der Waals surface area contributed by atoms with Crippen LogP contribution < -0.4 is 10.1 Å². The Bertz CT molecular complexity index is 1130. The Morgan fingerprint density at radius 3 is 2.55 bits per heavy atom. The number of fused-ring (bicyclic) bond motifs is 1. The molecule has 33 heavy (non-hydrogen) atoms. The van der Waals surface area contributed by atoms with Crippen LogP contribution in [0.5, 0.6) is 5.75 Å². The second-order valence-corrected chi connectivity index (χ2v) is 9.92. The molecule has 9 nitrogen and oxygen atoms in total. The molecule has 178 valence electrons. The predicted molar refractivity (Wildman–Crippen MR) is 121 cm³/mol. The summed E-state index contributed by atoms with van der Waals surface area (Å²) in [4.78, 5) is 43.1. The average molecular weight is 518 g/mol. The van der Waals surface area contributed by atoms with Gasteiger partial charge in [-0.25, -0.2) is 4.57 Å².